The average molecular weight is 251 g/mol. The summed E-state index contributed by atoms with van der Waals surface area (Å²) in [5, 5.41) is 11.4. The number of nitrogens with zero attached hydrogens (tertiary/aromatic N) is 2. The number of nitrogens with two attached hydrogens (primary N) is 1. The summed E-state index contributed by atoms with van der Waals surface area (Å²) in [6.07, 6.45) is 2.57. The fourth-order valence-corrected chi connectivity index (χ4v) is 1.99. The van der Waals surface area contributed by atoms with Gasteiger partial charge in [0.1, 0.15) is 5.82 Å². The summed E-state index contributed by atoms with van der Waals surface area (Å²) in [7, 11) is 2.00. The second kappa shape index (κ2) is 5.35. The van der Waals surface area contributed by atoms with Crippen molar-refractivity contribution in [1.82, 2.24) is 4.90 Å². The van der Waals surface area contributed by atoms with Gasteiger partial charge in [0.2, 0.25) is 0 Å². The van der Waals surface area contributed by atoms with Crippen molar-refractivity contribution in [2.75, 3.05) is 13.6 Å². The van der Waals surface area contributed by atoms with Crippen molar-refractivity contribution in [1.29, 1.82) is 0 Å². The first-order chi connectivity index (χ1) is 8.60. The van der Waals surface area contributed by atoms with Crippen LogP contribution in [0.1, 0.15) is 24.0 Å². The van der Waals surface area contributed by atoms with E-state index in [1.54, 1.807) is 12.1 Å². The zero-order valence-corrected chi connectivity index (χ0v) is 10.4. The molecule has 0 atom stereocenters. The van der Waals surface area contributed by atoms with Crippen LogP contribution in [-0.2, 0) is 6.54 Å². The van der Waals surface area contributed by atoms with E-state index in [0.717, 1.165) is 12.5 Å². The molecule has 0 heterocycles. The van der Waals surface area contributed by atoms with Crippen LogP contribution in [0, 0.1) is 11.7 Å². The molecule has 98 valence electrons. The molecule has 1 saturated carbocycles. The zero-order valence-electron chi connectivity index (χ0n) is 10.4. The maximum atomic E-state index is 13.8. The van der Waals surface area contributed by atoms with Crippen molar-refractivity contribution in [2.45, 2.75) is 19.4 Å². The Bertz CT molecular complexity index is 458. The smallest absolute Gasteiger partial charge is 0.170 e. The number of amidine groups is 1. The van der Waals surface area contributed by atoms with Gasteiger partial charge in [-0.15, -0.1) is 0 Å². The molecular weight excluding hydrogens is 233 g/mol. The van der Waals surface area contributed by atoms with E-state index in [0.29, 0.717) is 17.7 Å². The van der Waals surface area contributed by atoms with Gasteiger partial charge < -0.3 is 15.8 Å². The number of hydrogen-bond donors (Lipinski definition) is 2. The van der Waals surface area contributed by atoms with Gasteiger partial charge in [-0.3, -0.25) is 0 Å². The van der Waals surface area contributed by atoms with Crippen LogP contribution in [0.5, 0.6) is 0 Å². The third-order valence-electron chi connectivity index (χ3n) is 3.16. The lowest BCUT2D eigenvalue weighted by Gasteiger charge is -2.16. The van der Waals surface area contributed by atoms with E-state index >= 15 is 0 Å². The highest BCUT2D eigenvalue weighted by atomic mass is 19.1. The molecule has 0 saturated heterocycles. The minimum absolute atomic E-state index is 0.0771. The largest absolute Gasteiger partial charge is 0.409 e. The Hall–Kier alpha value is -1.62. The van der Waals surface area contributed by atoms with Gasteiger partial charge in [0, 0.05) is 24.2 Å². The van der Waals surface area contributed by atoms with Gasteiger partial charge in [-0.25, -0.2) is 4.39 Å². The summed E-state index contributed by atoms with van der Waals surface area (Å²) in [5.74, 6) is 0.392. The van der Waals surface area contributed by atoms with Gasteiger partial charge in [-0.05, 0) is 31.9 Å². The first kappa shape index (κ1) is 12.8. The fraction of sp³-hybridized carbons (Fsp3) is 0.462. The number of rotatable bonds is 5. The van der Waals surface area contributed by atoms with E-state index in [9.17, 15) is 4.39 Å². The van der Waals surface area contributed by atoms with Crippen molar-refractivity contribution in [3.8, 4) is 0 Å². The molecule has 4 nitrogen and oxygen atoms in total. The van der Waals surface area contributed by atoms with E-state index in [1.165, 1.54) is 18.9 Å². The molecule has 0 bridgehead atoms. The predicted octanol–water partition coefficient (Wildman–Crippen LogP) is 1.76. The van der Waals surface area contributed by atoms with Crippen molar-refractivity contribution >= 4 is 5.84 Å². The van der Waals surface area contributed by atoms with Gasteiger partial charge in [-0.2, -0.15) is 0 Å². The number of halogens is 1. The van der Waals surface area contributed by atoms with Gasteiger partial charge >= 0.3 is 0 Å². The Morgan fingerprint density at radius 3 is 2.83 bits per heavy atom. The summed E-state index contributed by atoms with van der Waals surface area (Å²) < 4.78 is 13.8. The average Bonchev–Trinajstić information content (AvgIpc) is 3.14. The SMILES string of the molecule is CN(Cc1ccc(/C(N)=N/O)cc1F)CC1CC1. The van der Waals surface area contributed by atoms with Crippen LogP contribution < -0.4 is 5.73 Å². The van der Waals surface area contributed by atoms with Gasteiger partial charge in [-0.1, -0.05) is 17.3 Å². The lowest BCUT2D eigenvalue weighted by atomic mass is 10.1. The van der Waals surface area contributed by atoms with Gasteiger partial charge in [0.15, 0.2) is 5.84 Å². The van der Waals surface area contributed by atoms with E-state index in [1.807, 2.05) is 7.05 Å². The molecule has 0 spiro atoms. The maximum absolute atomic E-state index is 13.8. The quantitative estimate of drug-likeness (QED) is 0.363. The second-order valence-corrected chi connectivity index (χ2v) is 4.93. The lowest BCUT2D eigenvalue weighted by molar-refractivity contribution is 0.308. The van der Waals surface area contributed by atoms with Crippen LogP contribution in [0.15, 0.2) is 23.4 Å². The minimum Gasteiger partial charge on any atom is -0.409 e. The molecule has 18 heavy (non-hydrogen) atoms. The summed E-state index contributed by atoms with van der Waals surface area (Å²) in [4.78, 5) is 2.12. The zero-order chi connectivity index (χ0) is 13.1. The summed E-state index contributed by atoms with van der Waals surface area (Å²) >= 11 is 0. The van der Waals surface area contributed by atoms with E-state index in [4.69, 9.17) is 10.9 Å². The molecule has 0 aromatic heterocycles. The van der Waals surface area contributed by atoms with Crippen LogP contribution in [0.3, 0.4) is 0 Å². The highest BCUT2D eigenvalue weighted by molar-refractivity contribution is 5.97. The summed E-state index contributed by atoms with van der Waals surface area (Å²) in [6, 6.07) is 4.65. The summed E-state index contributed by atoms with van der Waals surface area (Å²) in [6.45, 7) is 1.60. The number of hydrogen-bond acceptors (Lipinski definition) is 3. The molecule has 5 heteroatoms. The van der Waals surface area contributed by atoms with Crippen LogP contribution >= 0.6 is 0 Å². The van der Waals surface area contributed by atoms with Crippen LogP contribution in [0.4, 0.5) is 4.39 Å². The Morgan fingerprint density at radius 2 is 2.28 bits per heavy atom. The van der Waals surface area contributed by atoms with Crippen LogP contribution in [0.25, 0.3) is 0 Å². The molecule has 2 rings (SSSR count). The topological polar surface area (TPSA) is 61.8 Å². The standard InChI is InChI=1S/C13H18FN3O/c1-17(7-9-2-3-9)8-11-5-4-10(6-12(11)14)13(15)16-18/h4-6,9,18H,2-3,7-8H2,1H3,(H2,15,16). The molecule has 1 aromatic carbocycles. The minimum atomic E-state index is -0.318. The normalized spacial score (nSPS) is 16.3. The molecule has 1 aromatic rings. The first-order valence-corrected chi connectivity index (χ1v) is 6.05. The monoisotopic (exact) mass is 251 g/mol. The van der Waals surface area contributed by atoms with Gasteiger partial charge in [0.05, 0.1) is 0 Å². The number of benzene rings is 1. The molecular formula is C13H18FN3O. The highest BCUT2D eigenvalue weighted by Crippen LogP contribution is 2.29. The summed E-state index contributed by atoms with van der Waals surface area (Å²) in [5.41, 5.74) is 6.44. The predicted molar refractivity (Wildman–Crippen MR) is 68.0 cm³/mol. The van der Waals surface area contributed by atoms with Crippen LogP contribution in [-0.4, -0.2) is 29.5 Å². The Labute approximate surface area is 106 Å². The molecule has 0 amide bonds. The molecule has 1 aliphatic carbocycles. The number of oxime groups is 1. The molecule has 3 N–H and O–H groups in total. The first-order valence-electron chi connectivity index (χ1n) is 6.05. The second-order valence-electron chi connectivity index (χ2n) is 4.93. The van der Waals surface area contributed by atoms with Crippen molar-refractivity contribution < 1.29 is 9.60 Å². The molecule has 1 aliphatic rings. The lowest BCUT2D eigenvalue weighted by Crippen LogP contribution is -2.21. The fourth-order valence-electron chi connectivity index (χ4n) is 1.99. The molecule has 0 unspecified atom stereocenters. The van der Waals surface area contributed by atoms with Crippen molar-refractivity contribution in [2.24, 2.45) is 16.8 Å². The maximum Gasteiger partial charge on any atom is 0.170 e. The van der Waals surface area contributed by atoms with Crippen LogP contribution in [0.2, 0.25) is 0 Å². The van der Waals surface area contributed by atoms with Crippen molar-refractivity contribution in [3.05, 3.63) is 35.1 Å². The Balaban J connectivity index is 2.04. The Kier molecular flexibility index (Phi) is 3.81. The molecule has 0 radical (unpaired) electrons. The van der Waals surface area contributed by atoms with E-state index in [2.05, 4.69) is 10.1 Å². The third-order valence-corrected chi connectivity index (χ3v) is 3.16. The Morgan fingerprint density at radius 1 is 1.56 bits per heavy atom. The van der Waals surface area contributed by atoms with Crippen molar-refractivity contribution in [3.63, 3.8) is 0 Å². The van der Waals surface area contributed by atoms with E-state index < -0.39 is 0 Å². The highest BCUT2D eigenvalue weighted by Gasteiger charge is 2.23. The van der Waals surface area contributed by atoms with Gasteiger partial charge in [0.25, 0.3) is 0 Å². The molecule has 1 fully saturated rings. The van der Waals surface area contributed by atoms with E-state index in [-0.39, 0.29) is 11.7 Å². The molecule has 0 aliphatic heterocycles. The third kappa shape index (κ3) is 3.20.